The van der Waals surface area contributed by atoms with Crippen molar-refractivity contribution in [3.8, 4) is 0 Å². The molecule has 0 heterocycles. The molecule has 0 aliphatic heterocycles. The molecule has 0 amide bonds. The smallest absolute Gasteiger partial charge is 0.303 e. The van der Waals surface area contributed by atoms with Gasteiger partial charge in [0.2, 0.25) is 0 Å². The van der Waals surface area contributed by atoms with Crippen LogP contribution < -0.4 is 0 Å². The quantitative estimate of drug-likeness (QED) is 0.621. The molecule has 0 aromatic carbocycles. The van der Waals surface area contributed by atoms with Gasteiger partial charge < -0.3 is 20.1 Å². The SMILES string of the molecule is COC1C[C@@H](O)C[C@H]2CC[C@@H]3[C@H](C[C@H](O)[C@]4(C)[C@@H]([C@H](C)CCC(=O)O)CC[C@@H]34)[C@@]12C. The van der Waals surface area contributed by atoms with Crippen molar-refractivity contribution in [1.82, 2.24) is 0 Å². The molecule has 4 aliphatic carbocycles. The molecule has 3 N–H and O–H groups in total. The van der Waals surface area contributed by atoms with Crippen LogP contribution in [0.1, 0.15) is 78.6 Å². The Kier molecular flexibility index (Phi) is 6.04. The molecule has 0 bridgehead atoms. The standard InChI is InChI=1S/C25H42O5/c1-14(5-10-23(28)29)18-8-9-19-17-7-6-15-11-16(26)12-22(30-4)24(15,2)20(17)13-21(27)25(18,19)3/h14-22,26-27H,5-13H2,1-4H3,(H,28,29)/t14-,15-,16+,17+,18-,19+,20+,21+,22?,24+,25-/m1/s1. The van der Waals surface area contributed by atoms with Crippen LogP contribution in [0.2, 0.25) is 0 Å². The van der Waals surface area contributed by atoms with Gasteiger partial charge in [0.1, 0.15) is 0 Å². The van der Waals surface area contributed by atoms with Gasteiger partial charge in [-0.2, -0.15) is 0 Å². The topological polar surface area (TPSA) is 87.0 Å². The Morgan fingerprint density at radius 2 is 1.77 bits per heavy atom. The molecule has 1 unspecified atom stereocenters. The fraction of sp³-hybridized carbons (Fsp3) is 0.960. The number of fused-ring (bicyclic) bond motifs is 5. The van der Waals surface area contributed by atoms with E-state index in [0.29, 0.717) is 48.3 Å². The Hall–Kier alpha value is -0.650. The highest BCUT2D eigenvalue weighted by molar-refractivity contribution is 5.66. The second kappa shape index (κ2) is 8.04. The van der Waals surface area contributed by atoms with Gasteiger partial charge in [-0.15, -0.1) is 0 Å². The first-order valence-corrected chi connectivity index (χ1v) is 12.2. The number of hydrogen-bond acceptors (Lipinski definition) is 4. The van der Waals surface area contributed by atoms with Crippen molar-refractivity contribution in [2.24, 2.45) is 46.3 Å². The molecule has 0 saturated heterocycles. The first kappa shape index (κ1) is 22.5. The summed E-state index contributed by atoms with van der Waals surface area (Å²) in [5.74, 6) is 2.02. The summed E-state index contributed by atoms with van der Waals surface area (Å²) in [7, 11) is 1.79. The molecule has 4 saturated carbocycles. The van der Waals surface area contributed by atoms with Crippen LogP contribution in [0.15, 0.2) is 0 Å². The fourth-order valence-corrected chi connectivity index (χ4v) is 9.10. The molecule has 0 aromatic heterocycles. The summed E-state index contributed by atoms with van der Waals surface area (Å²) in [6.45, 7) is 6.88. The van der Waals surface area contributed by atoms with Crippen LogP contribution in [0.3, 0.4) is 0 Å². The van der Waals surface area contributed by atoms with Gasteiger partial charge in [-0.1, -0.05) is 20.8 Å². The van der Waals surface area contributed by atoms with Gasteiger partial charge in [-0.3, -0.25) is 4.79 Å². The molecule has 172 valence electrons. The van der Waals surface area contributed by atoms with E-state index >= 15 is 0 Å². The third-order valence-corrected chi connectivity index (χ3v) is 10.7. The Balaban J connectivity index is 1.60. The van der Waals surface area contributed by atoms with Gasteiger partial charge in [-0.05, 0) is 91.3 Å². The molecular formula is C25H42O5. The van der Waals surface area contributed by atoms with E-state index in [0.717, 1.165) is 32.1 Å². The van der Waals surface area contributed by atoms with Crippen molar-refractivity contribution in [3.05, 3.63) is 0 Å². The van der Waals surface area contributed by atoms with E-state index in [1.165, 1.54) is 6.42 Å². The molecule has 5 heteroatoms. The lowest BCUT2D eigenvalue weighted by Gasteiger charge is -2.64. The number of methoxy groups -OCH3 is 1. The maximum absolute atomic E-state index is 11.6. The number of carbonyl (C=O) groups is 1. The summed E-state index contributed by atoms with van der Waals surface area (Å²) in [5.41, 5.74) is -0.0920. The summed E-state index contributed by atoms with van der Waals surface area (Å²) < 4.78 is 5.97. The molecule has 0 radical (unpaired) electrons. The Morgan fingerprint density at radius 3 is 2.43 bits per heavy atom. The summed E-state index contributed by atoms with van der Waals surface area (Å²) in [6.07, 6.45) is 7.36. The minimum atomic E-state index is -0.720. The lowest BCUT2D eigenvalue weighted by atomic mass is 9.43. The van der Waals surface area contributed by atoms with E-state index in [2.05, 4.69) is 20.8 Å². The third kappa shape index (κ3) is 3.26. The summed E-state index contributed by atoms with van der Waals surface area (Å²) in [5, 5.41) is 31.1. The number of carboxylic acid groups (broad SMARTS) is 1. The minimum absolute atomic E-state index is 0.0201. The first-order chi connectivity index (χ1) is 14.1. The number of aliphatic carboxylic acids is 1. The van der Waals surface area contributed by atoms with Crippen LogP contribution in [-0.2, 0) is 9.53 Å². The first-order valence-electron chi connectivity index (χ1n) is 12.2. The lowest BCUT2D eigenvalue weighted by Crippen LogP contribution is -2.62. The van der Waals surface area contributed by atoms with Crippen LogP contribution in [0.4, 0.5) is 0 Å². The number of carboxylic acids is 1. The monoisotopic (exact) mass is 422 g/mol. The molecule has 0 aromatic rings. The normalized spacial score (nSPS) is 51.5. The second-order valence-corrected chi connectivity index (χ2v) is 11.6. The highest BCUT2D eigenvalue weighted by atomic mass is 16.5. The highest BCUT2D eigenvalue weighted by Crippen LogP contribution is 2.68. The molecule has 0 spiro atoms. The van der Waals surface area contributed by atoms with E-state index < -0.39 is 5.97 Å². The number of ether oxygens (including phenoxy) is 1. The molecule has 11 atom stereocenters. The van der Waals surface area contributed by atoms with Gasteiger partial charge in [0.05, 0.1) is 18.3 Å². The highest BCUT2D eigenvalue weighted by Gasteiger charge is 2.65. The summed E-state index contributed by atoms with van der Waals surface area (Å²) in [4.78, 5) is 11.1. The largest absolute Gasteiger partial charge is 0.481 e. The lowest BCUT2D eigenvalue weighted by molar-refractivity contribution is -0.213. The van der Waals surface area contributed by atoms with Crippen molar-refractivity contribution in [2.75, 3.05) is 7.11 Å². The zero-order chi connectivity index (χ0) is 21.8. The average molecular weight is 423 g/mol. The van der Waals surface area contributed by atoms with E-state index in [1.54, 1.807) is 7.11 Å². The predicted octanol–water partition coefficient (Wildman–Crippen LogP) is 4.10. The number of aliphatic hydroxyl groups excluding tert-OH is 2. The van der Waals surface area contributed by atoms with Crippen LogP contribution in [0.25, 0.3) is 0 Å². The molecule has 4 rings (SSSR count). The van der Waals surface area contributed by atoms with Gasteiger partial charge >= 0.3 is 5.97 Å². The van der Waals surface area contributed by atoms with Gasteiger partial charge in [-0.25, -0.2) is 0 Å². The van der Waals surface area contributed by atoms with Crippen LogP contribution in [-0.4, -0.2) is 46.7 Å². The predicted molar refractivity (Wildman–Crippen MR) is 115 cm³/mol. The van der Waals surface area contributed by atoms with Crippen molar-refractivity contribution in [1.29, 1.82) is 0 Å². The van der Waals surface area contributed by atoms with Crippen LogP contribution >= 0.6 is 0 Å². The van der Waals surface area contributed by atoms with Crippen molar-refractivity contribution < 1.29 is 24.9 Å². The summed E-state index contributed by atoms with van der Waals surface area (Å²) >= 11 is 0. The van der Waals surface area contributed by atoms with E-state index in [1.807, 2.05) is 0 Å². The maximum Gasteiger partial charge on any atom is 0.303 e. The van der Waals surface area contributed by atoms with Crippen LogP contribution in [0, 0.1) is 46.3 Å². The van der Waals surface area contributed by atoms with Crippen molar-refractivity contribution >= 4 is 5.97 Å². The van der Waals surface area contributed by atoms with E-state index in [4.69, 9.17) is 9.84 Å². The van der Waals surface area contributed by atoms with Gasteiger partial charge in [0, 0.05) is 20.0 Å². The molecule has 4 fully saturated rings. The van der Waals surface area contributed by atoms with Gasteiger partial charge in [0.15, 0.2) is 0 Å². The Morgan fingerprint density at radius 1 is 1.03 bits per heavy atom. The fourth-order valence-electron chi connectivity index (χ4n) is 9.10. The molecule has 30 heavy (non-hydrogen) atoms. The maximum atomic E-state index is 11.6. The average Bonchev–Trinajstić information content (AvgIpc) is 3.06. The van der Waals surface area contributed by atoms with Crippen molar-refractivity contribution in [3.63, 3.8) is 0 Å². The zero-order valence-electron chi connectivity index (χ0n) is 19.2. The van der Waals surface area contributed by atoms with Gasteiger partial charge in [0.25, 0.3) is 0 Å². The summed E-state index contributed by atoms with van der Waals surface area (Å²) in [6, 6.07) is 0. The number of aliphatic hydroxyl groups is 2. The molecule has 5 nitrogen and oxygen atoms in total. The Bertz CT molecular complexity index is 641. The third-order valence-electron chi connectivity index (χ3n) is 10.7. The van der Waals surface area contributed by atoms with E-state index in [-0.39, 0.29) is 35.6 Å². The Labute approximate surface area is 181 Å². The van der Waals surface area contributed by atoms with Crippen LogP contribution in [0.5, 0.6) is 0 Å². The van der Waals surface area contributed by atoms with Crippen molar-refractivity contribution in [2.45, 2.75) is 96.9 Å². The van der Waals surface area contributed by atoms with E-state index in [9.17, 15) is 15.0 Å². The molecule has 4 aliphatic rings. The minimum Gasteiger partial charge on any atom is -0.481 e. The number of rotatable bonds is 5. The number of hydrogen-bond donors (Lipinski definition) is 3. The second-order valence-electron chi connectivity index (χ2n) is 11.6. The zero-order valence-corrected chi connectivity index (χ0v) is 19.2. The molecular weight excluding hydrogens is 380 g/mol.